The second-order valence-electron chi connectivity index (χ2n) is 9.70. The molecule has 0 unspecified atom stereocenters. The van der Waals surface area contributed by atoms with Crippen molar-refractivity contribution >= 4 is 17.4 Å². The lowest BCUT2D eigenvalue weighted by molar-refractivity contribution is -0.387. The lowest BCUT2D eigenvalue weighted by atomic mass is 9.82. The average Bonchev–Trinajstić information content (AvgIpc) is 2.91. The number of nitro groups is 1. The molecule has 0 radical (unpaired) electrons. The van der Waals surface area contributed by atoms with Gasteiger partial charge in [-0.25, -0.2) is 4.98 Å². The third-order valence-corrected chi connectivity index (χ3v) is 5.77. The number of carbonyl (C=O) groups is 2. The molecule has 0 spiro atoms. The zero-order valence-corrected chi connectivity index (χ0v) is 19.6. The molecule has 1 saturated carbocycles. The zero-order valence-electron chi connectivity index (χ0n) is 20.6. The highest BCUT2D eigenvalue weighted by molar-refractivity contribution is 5.89. The number of aliphatic hydroxyl groups is 1. The van der Waals surface area contributed by atoms with Crippen molar-refractivity contribution in [2.75, 3.05) is 13.2 Å². The molecule has 1 aromatic rings. The lowest BCUT2D eigenvalue weighted by Gasteiger charge is -2.30. The number of aromatic nitrogens is 2. The van der Waals surface area contributed by atoms with Gasteiger partial charge in [-0.15, -0.1) is 0 Å². The number of hydrogen-bond acceptors (Lipinski definition) is 9. The molecule has 1 fully saturated rings. The van der Waals surface area contributed by atoms with Gasteiger partial charge in [0.25, 0.3) is 5.88 Å². The number of aliphatic hydroxyl groups excluding tert-OH is 1. The Hall–Kier alpha value is -2.62. The average molecular weight is 454 g/mol. The van der Waals surface area contributed by atoms with E-state index in [0.29, 0.717) is 31.5 Å². The number of aryl methyl sites for hydroxylation is 2. The SMILES string of the molecule is [3H]OCCC[C@H]1C[C@](C)(CCOC(=O)C(C)(C)C)[C@@H](Oc2nc(C)nc(C)c2[N+](=O)[O-])C1=O. The van der Waals surface area contributed by atoms with Crippen LogP contribution in [0.25, 0.3) is 0 Å². The van der Waals surface area contributed by atoms with Crippen molar-refractivity contribution in [1.29, 1.82) is 1.43 Å². The summed E-state index contributed by atoms with van der Waals surface area (Å²) >= 11 is 0. The number of esters is 1. The van der Waals surface area contributed by atoms with Crippen molar-refractivity contribution in [1.82, 2.24) is 9.97 Å². The van der Waals surface area contributed by atoms with Gasteiger partial charge in [0.1, 0.15) is 11.5 Å². The van der Waals surface area contributed by atoms with Crippen LogP contribution in [0.2, 0.25) is 0 Å². The predicted octanol–water partition coefficient (Wildman–Crippen LogP) is 3.10. The third kappa shape index (κ3) is 5.79. The van der Waals surface area contributed by atoms with E-state index in [2.05, 4.69) is 15.1 Å². The van der Waals surface area contributed by atoms with Crippen molar-refractivity contribution in [3.63, 3.8) is 0 Å². The number of ketones is 1. The molecule has 1 aliphatic carbocycles. The second kappa shape index (κ2) is 9.89. The molecule has 0 aliphatic heterocycles. The van der Waals surface area contributed by atoms with E-state index >= 15 is 0 Å². The third-order valence-electron chi connectivity index (χ3n) is 5.77. The predicted molar refractivity (Wildman–Crippen MR) is 115 cm³/mol. The van der Waals surface area contributed by atoms with Crippen LogP contribution in [0.3, 0.4) is 0 Å². The molecule has 1 N–H and O–H groups in total. The molecule has 10 heteroatoms. The van der Waals surface area contributed by atoms with Crippen LogP contribution in [0.1, 0.15) is 64.9 Å². The van der Waals surface area contributed by atoms with Crippen LogP contribution in [0, 0.1) is 40.7 Å². The van der Waals surface area contributed by atoms with E-state index in [4.69, 9.17) is 10.9 Å². The first kappa shape index (κ1) is 24.0. The molecule has 1 aromatic heterocycles. The summed E-state index contributed by atoms with van der Waals surface area (Å²) in [5.41, 5.74) is -1.61. The maximum absolute atomic E-state index is 13.3. The van der Waals surface area contributed by atoms with Crippen molar-refractivity contribution in [3.05, 3.63) is 21.6 Å². The van der Waals surface area contributed by atoms with Crippen LogP contribution in [-0.2, 0) is 14.3 Å². The van der Waals surface area contributed by atoms with E-state index in [1.54, 1.807) is 27.7 Å². The summed E-state index contributed by atoms with van der Waals surface area (Å²) in [6.45, 7) is 10.5. The van der Waals surface area contributed by atoms with E-state index in [1.165, 1.54) is 6.92 Å². The molecule has 1 aliphatic rings. The van der Waals surface area contributed by atoms with Crippen molar-refractivity contribution < 1.29 is 29.1 Å². The fourth-order valence-corrected chi connectivity index (χ4v) is 4.01. The second-order valence-corrected chi connectivity index (χ2v) is 9.70. The molecule has 1 heterocycles. The van der Waals surface area contributed by atoms with Crippen LogP contribution in [-0.4, -0.2) is 52.5 Å². The molecule has 0 amide bonds. The van der Waals surface area contributed by atoms with Crippen molar-refractivity contribution in [2.45, 2.75) is 73.3 Å². The van der Waals surface area contributed by atoms with Gasteiger partial charge < -0.3 is 14.6 Å². The van der Waals surface area contributed by atoms with Gasteiger partial charge in [-0.3, -0.25) is 19.7 Å². The van der Waals surface area contributed by atoms with Crippen molar-refractivity contribution in [3.8, 4) is 5.88 Å². The van der Waals surface area contributed by atoms with Gasteiger partial charge in [-0.2, -0.15) is 4.98 Å². The van der Waals surface area contributed by atoms with E-state index in [0.717, 1.165) is 0 Å². The highest BCUT2D eigenvalue weighted by Gasteiger charge is 2.52. The number of carbonyl (C=O) groups excluding carboxylic acids is 2. The summed E-state index contributed by atoms with van der Waals surface area (Å²) in [6, 6.07) is 0. The topological polar surface area (TPSA) is 142 Å². The van der Waals surface area contributed by atoms with Crippen LogP contribution in [0.15, 0.2) is 0 Å². The Morgan fingerprint density at radius 3 is 2.66 bits per heavy atom. The van der Waals surface area contributed by atoms with E-state index in [1.807, 2.05) is 6.92 Å². The Kier molecular flexibility index (Phi) is 7.43. The summed E-state index contributed by atoms with van der Waals surface area (Å²) in [5, 5.41) is 16.0. The standard InChI is InChI=1S/C22H33N3O7/c1-13-16(25(29)30)19(24-14(2)23-13)32-18-17(27)15(8-7-10-26)12-22(18,6)9-11-31-20(28)21(3,4)5/h15,18,26H,7-12H2,1-6H3/t15-,18-,22-/m0/s1/i26T. The summed E-state index contributed by atoms with van der Waals surface area (Å²) in [4.78, 5) is 44.6. The van der Waals surface area contributed by atoms with Gasteiger partial charge in [0.15, 0.2) is 11.9 Å². The van der Waals surface area contributed by atoms with Crippen LogP contribution >= 0.6 is 0 Å². The summed E-state index contributed by atoms with van der Waals surface area (Å²) < 4.78 is 18.2. The normalized spacial score (nSPS) is 23.7. The van der Waals surface area contributed by atoms with Crippen LogP contribution < -0.4 is 4.74 Å². The Morgan fingerprint density at radius 1 is 1.38 bits per heavy atom. The van der Waals surface area contributed by atoms with Crippen LogP contribution in [0.4, 0.5) is 5.69 Å². The number of nitrogens with zero attached hydrogens (tertiary/aromatic N) is 3. The summed E-state index contributed by atoms with van der Waals surface area (Å²) in [7, 11) is 0. The van der Waals surface area contributed by atoms with Gasteiger partial charge >= 0.3 is 11.7 Å². The highest BCUT2D eigenvalue weighted by Crippen LogP contribution is 2.46. The molecule has 2 rings (SSSR count). The van der Waals surface area contributed by atoms with Gasteiger partial charge in [0.2, 0.25) is 1.43 Å². The maximum atomic E-state index is 13.3. The number of hydrogen-bond donors (Lipinski definition) is 1. The molecule has 3 atom stereocenters. The molecule has 10 nitrogen and oxygen atoms in total. The Balaban J connectivity index is 2.31. The van der Waals surface area contributed by atoms with Gasteiger partial charge in [-0.05, 0) is 60.3 Å². The molecular formula is C22H33N3O7. The Bertz CT molecular complexity index is 903. The fourth-order valence-electron chi connectivity index (χ4n) is 4.01. The first-order chi connectivity index (χ1) is 15.3. The Morgan fingerprint density at radius 2 is 2.06 bits per heavy atom. The zero-order chi connectivity index (χ0) is 25.0. The maximum Gasteiger partial charge on any atom is 0.351 e. The quantitative estimate of drug-likeness (QED) is 0.245. The molecule has 0 aromatic carbocycles. The fraction of sp³-hybridized carbons (Fsp3) is 0.727. The lowest BCUT2D eigenvalue weighted by Crippen LogP contribution is -2.38. The largest absolute Gasteiger partial charge is 0.465 e. The van der Waals surface area contributed by atoms with Crippen molar-refractivity contribution in [2.24, 2.45) is 16.7 Å². The minimum Gasteiger partial charge on any atom is -0.465 e. The first-order valence-corrected chi connectivity index (χ1v) is 10.8. The minimum absolute atomic E-state index is 0.0895. The molecule has 32 heavy (non-hydrogen) atoms. The molecule has 178 valence electrons. The minimum atomic E-state index is -1.000. The Labute approximate surface area is 189 Å². The highest BCUT2D eigenvalue weighted by atomic mass is 16.6. The summed E-state index contributed by atoms with van der Waals surface area (Å²) in [5.74, 6) is -0.848. The molecule has 0 bridgehead atoms. The molecule has 0 saturated heterocycles. The monoisotopic (exact) mass is 453 g/mol. The number of Topliss-reactive ketones (excluding diaryl/α,β-unsaturated/α-hetero) is 1. The number of rotatable bonds is 10. The smallest absolute Gasteiger partial charge is 0.351 e. The van der Waals surface area contributed by atoms with Gasteiger partial charge in [0.05, 0.1) is 16.9 Å². The number of ether oxygens (including phenoxy) is 2. The molecular weight excluding hydrogens is 418 g/mol. The van der Waals surface area contributed by atoms with E-state index in [9.17, 15) is 19.7 Å². The van der Waals surface area contributed by atoms with E-state index < -0.39 is 21.9 Å². The van der Waals surface area contributed by atoms with Gasteiger partial charge in [0, 0.05) is 17.9 Å². The first-order valence-electron chi connectivity index (χ1n) is 11.2. The van der Waals surface area contributed by atoms with Gasteiger partial charge in [-0.1, -0.05) is 6.92 Å². The summed E-state index contributed by atoms with van der Waals surface area (Å²) in [6.07, 6.45) is 0.818. The van der Waals surface area contributed by atoms with E-state index in [-0.39, 0.29) is 48.1 Å². The van der Waals surface area contributed by atoms with Crippen LogP contribution in [0.5, 0.6) is 5.88 Å².